The highest BCUT2D eigenvalue weighted by atomic mass is 16.5. The lowest BCUT2D eigenvalue weighted by Gasteiger charge is -2.11. The molecule has 0 atom stereocenters. The maximum Gasteiger partial charge on any atom is 0.342 e. The van der Waals surface area contributed by atoms with E-state index in [1.54, 1.807) is 20.8 Å². The van der Waals surface area contributed by atoms with Crippen LogP contribution in [-0.2, 0) is 14.3 Å². The second kappa shape index (κ2) is 9.25. The monoisotopic (exact) mass is 416 g/mol. The van der Waals surface area contributed by atoms with Crippen LogP contribution in [0.5, 0.6) is 0 Å². The molecule has 0 spiro atoms. The third-order valence-electron chi connectivity index (χ3n) is 4.28. The van der Waals surface area contributed by atoms with E-state index < -0.39 is 30.4 Å². The fourth-order valence-electron chi connectivity index (χ4n) is 3.18. The predicted molar refractivity (Wildman–Crippen MR) is 107 cm³/mol. The van der Waals surface area contributed by atoms with Gasteiger partial charge in [0, 0.05) is 0 Å². The van der Waals surface area contributed by atoms with E-state index in [4.69, 9.17) is 19.6 Å². The quantitative estimate of drug-likeness (QED) is 0.662. The molecule has 2 amide bonds. The van der Waals surface area contributed by atoms with Crippen LogP contribution < -0.4 is 11.1 Å². The summed E-state index contributed by atoms with van der Waals surface area (Å²) in [5.41, 5.74) is 7.71. The summed E-state index contributed by atoms with van der Waals surface area (Å²) >= 11 is 0. The summed E-state index contributed by atoms with van der Waals surface area (Å²) in [4.78, 5) is 48.5. The molecule has 0 bridgehead atoms. The lowest BCUT2D eigenvalue weighted by molar-refractivity contribution is -0.119. The Morgan fingerprint density at radius 2 is 1.50 bits per heavy atom. The Morgan fingerprint density at radius 1 is 0.933 bits per heavy atom. The molecule has 0 saturated carbocycles. The van der Waals surface area contributed by atoms with Crippen LogP contribution in [0.15, 0.2) is 16.5 Å². The van der Waals surface area contributed by atoms with E-state index in [0.717, 1.165) is 16.7 Å². The van der Waals surface area contributed by atoms with Gasteiger partial charge in [-0.25, -0.2) is 9.59 Å². The van der Waals surface area contributed by atoms with Crippen molar-refractivity contribution in [1.82, 2.24) is 0 Å². The number of carbonyl (C=O) groups is 4. The Morgan fingerprint density at radius 3 is 2.03 bits per heavy atom. The summed E-state index contributed by atoms with van der Waals surface area (Å²) in [6, 6.07) is 3.68. The van der Waals surface area contributed by atoms with Crippen molar-refractivity contribution in [3.05, 3.63) is 51.3 Å². The van der Waals surface area contributed by atoms with Crippen LogP contribution in [0.1, 0.15) is 60.4 Å². The zero-order valence-electron chi connectivity index (χ0n) is 17.5. The molecule has 2 aromatic rings. The lowest BCUT2D eigenvalue weighted by atomic mass is 10.00. The van der Waals surface area contributed by atoms with Crippen LogP contribution in [0.3, 0.4) is 0 Å². The lowest BCUT2D eigenvalue weighted by Crippen LogP contribution is -2.24. The van der Waals surface area contributed by atoms with Crippen LogP contribution in [0, 0.1) is 27.7 Å². The normalized spacial score (nSPS) is 10.4. The van der Waals surface area contributed by atoms with Crippen LogP contribution in [-0.4, -0.2) is 37.0 Å². The van der Waals surface area contributed by atoms with Crippen molar-refractivity contribution >= 4 is 29.6 Å². The average Bonchev–Trinajstić information content (AvgIpc) is 2.95. The second-order valence-corrected chi connectivity index (χ2v) is 6.72. The molecule has 9 heteroatoms. The van der Waals surface area contributed by atoms with E-state index in [9.17, 15) is 19.2 Å². The van der Waals surface area contributed by atoms with Crippen molar-refractivity contribution in [2.24, 2.45) is 5.73 Å². The first-order chi connectivity index (χ1) is 14.1. The number of aryl methyl sites for hydroxylation is 4. The molecule has 3 N–H and O–H groups in total. The average molecular weight is 416 g/mol. The second-order valence-electron chi connectivity index (χ2n) is 6.72. The molecule has 0 radical (unpaired) electrons. The van der Waals surface area contributed by atoms with Gasteiger partial charge in [-0.2, -0.15) is 0 Å². The molecule has 9 nitrogen and oxygen atoms in total. The van der Waals surface area contributed by atoms with Gasteiger partial charge in [-0.1, -0.05) is 17.7 Å². The largest absolute Gasteiger partial charge is 0.462 e. The smallest absolute Gasteiger partial charge is 0.342 e. The van der Waals surface area contributed by atoms with Gasteiger partial charge in [-0.05, 0) is 45.7 Å². The Labute approximate surface area is 173 Å². The number of rotatable bonds is 7. The van der Waals surface area contributed by atoms with Crippen LogP contribution in [0.2, 0.25) is 0 Å². The van der Waals surface area contributed by atoms with Crippen molar-refractivity contribution in [2.45, 2.75) is 34.6 Å². The van der Waals surface area contributed by atoms with Gasteiger partial charge in [-0.3, -0.25) is 14.9 Å². The third kappa shape index (κ3) is 4.86. The number of esters is 2. The molecule has 160 valence electrons. The number of anilines is 1. The van der Waals surface area contributed by atoms with Gasteiger partial charge >= 0.3 is 11.9 Å². The summed E-state index contributed by atoms with van der Waals surface area (Å²) in [7, 11) is 0. The van der Waals surface area contributed by atoms with Crippen LogP contribution >= 0.6 is 0 Å². The highest BCUT2D eigenvalue weighted by molar-refractivity contribution is 6.10. The number of nitrogens with two attached hydrogens (primary N) is 1. The van der Waals surface area contributed by atoms with Gasteiger partial charge < -0.3 is 19.6 Å². The first-order valence-corrected chi connectivity index (χ1v) is 9.21. The van der Waals surface area contributed by atoms with E-state index in [2.05, 4.69) is 5.32 Å². The number of ether oxygens (including phenoxy) is 2. The highest BCUT2D eigenvalue weighted by Gasteiger charge is 2.29. The Kier molecular flexibility index (Phi) is 6.99. The predicted octanol–water partition coefficient (Wildman–Crippen LogP) is 2.58. The van der Waals surface area contributed by atoms with Crippen molar-refractivity contribution in [2.75, 3.05) is 18.5 Å². The van der Waals surface area contributed by atoms with Crippen LogP contribution in [0.25, 0.3) is 0 Å². The van der Waals surface area contributed by atoms with Gasteiger partial charge in [0.1, 0.15) is 16.9 Å². The maximum atomic E-state index is 12.4. The number of carbonyl (C=O) groups excluding carboxylic acids is 4. The third-order valence-corrected chi connectivity index (χ3v) is 4.28. The van der Waals surface area contributed by atoms with Gasteiger partial charge in [0.15, 0.2) is 6.61 Å². The first kappa shape index (κ1) is 22.7. The summed E-state index contributed by atoms with van der Waals surface area (Å²) in [5.74, 6) is -3.46. The minimum Gasteiger partial charge on any atom is -0.462 e. The van der Waals surface area contributed by atoms with E-state index >= 15 is 0 Å². The summed E-state index contributed by atoms with van der Waals surface area (Å²) in [6.07, 6.45) is 0. The van der Waals surface area contributed by atoms with Gasteiger partial charge in [0.2, 0.25) is 5.88 Å². The molecule has 30 heavy (non-hydrogen) atoms. The molecule has 0 saturated heterocycles. The zero-order valence-corrected chi connectivity index (χ0v) is 17.5. The van der Waals surface area contributed by atoms with Crippen molar-refractivity contribution in [3.63, 3.8) is 0 Å². The van der Waals surface area contributed by atoms with Gasteiger partial charge in [0.05, 0.1) is 12.2 Å². The summed E-state index contributed by atoms with van der Waals surface area (Å²) in [5, 5.41) is 2.30. The van der Waals surface area contributed by atoms with Crippen molar-refractivity contribution < 1.29 is 33.1 Å². The van der Waals surface area contributed by atoms with E-state index in [1.165, 1.54) is 6.92 Å². The molecule has 1 aromatic carbocycles. The zero-order chi connectivity index (χ0) is 22.6. The Hall–Kier alpha value is -3.62. The number of hydrogen-bond acceptors (Lipinski definition) is 7. The number of nitrogens with one attached hydrogen (secondary N) is 1. The van der Waals surface area contributed by atoms with Gasteiger partial charge in [0.25, 0.3) is 11.8 Å². The molecule has 0 fully saturated rings. The highest BCUT2D eigenvalue weighted by Crippen LogP contribution is 2.27. The standard InChI is InChI=1S/C21H24N2O7/c1-6-28-21(27)16-13(5)30-19(17(16)18(22)25)23-14(24)9-29-20(26)15-11(3)7-10(2)8-12(15)4/h7-8H,6,9H2,1-5H3,(H2,22,25)(H,23,24). The topological polar surface area (TPSA) is 138 Å². The maximum absolute atomic E-state index is 12.4. The number of furan rings is 1. The van der Waals surface area contributed by atoms with Crippen molar-refractivity contribution in [1.29, 1.82) is 0 Å². The van der Waals surface area contributed by atoms with E-state index in [0.29, 0.717) is 5.56 Å². The van der Waals surface area contributed by atoms with Gasteiger partial charge in [-0.15, -0.1) is 0 Å². The number of primary amides is 1. The SMILES string of the molecule is CCOC(=O)c1c(C)oc(NC(=O)COC(=O)c2c(C)cc(C)cc2C)c1C(N)=O. The summed E-state index contributed by atoms with van der Waals surface area (Å²) in [6.45, 7) is 7.95. The fraction of sp³-hybridized carbons (Fsp3) is 0.333. The van der Waals surface area contributed by atoms with E-state index in [1.807, 2.05) is 19.1 Å². The first-order valence-electron chi connectivity index (χ1n) is 9.21. The molecule has 0 aliphatic heterocycles. The summed E-state index contributed by atoms with van der Waals surface area (Å²) < 4.78 is 15.3. The Balaban J connectivity index is 2.16. The molecule has 0 unspecified atom stereocenters. The number of hydrogen-bond donors (Lipinski definition) is 2. The van der Waals surface area contributed by atoms with E-state index in [-0.39, 0.29) is 29.4 Å². The molecular weight excluding hydrogens is 392 g/mol. The van der Waals surface area contributed by atoms with Crippen molar-refractivity contribution in [3.8, 4) is 0 Å². The fourth-order valence-corrected chi connectivity index (χ4v) is 3.18. The molecule has 0 aliphatic rings. The molecule has 2 rings (SSSR count). The van der Waals surface area contributed by atoms with Crippen LogP contribution in [0.4, 0.5) is 5.88 Å². The molecular formula is C21H24N2O7. The molecule has 1 heterocycles. The molecule has 0 aliphatic carbocycles. The number of benzene rings is 1. The minimum absolute atomic E-state index is 0.0560. The number of amides is 2. The minimum atomic E-state index is -0.979. The molecule has 1 aromatic heterocycles. The Bertz CT molecular complexity index is 998.